The molecule has 0 saturated carbocycles. The molecule has 0 aliphatic heterocycles. The molecule has 3 rings (SSSR count). The first kappa shape index (κ1) is 25.6. The summed E-state index contributed by atoms with van der Waals surface area (Å²) in [6, 6.07) is 8.04. The van der Waals surface area contributed by atoms with Crippen LogP contribution in [0.15, 0.2) is 102 Å². The molecule has 1 N–H and O–H groups in total. The Bertz CT molecular complexity index is 1150. The van der Waals surface area contributed by atoms with Crippen LogP contribution in [0.25, 0.3) is 0 Å². The van der Waals surface area contributed by atoms with Gasteiger partial charge in [0, 0.05) is 24.2 Å². The van der Waals surface area contributed by atoms with Gasteiger partial charge in [-0.25, -0.2) is 4.98 Å². The van der Waals surface area contributed by atoms with Gasteiger partial charge >= 0.3 is 0 Å². The number of hydrogen-bond donors (Lipinski definition) is 1. The number of amides is 1. The van der Waals surface area contributed by atoms with E-state index < -0.39 is 0 Å². The summed E-state index contributed by atoms with van der Waals surface area (Å²) in [5.74, 6) is -0.131. The third-order valence-corrected chi connectivity index (χ3v) is 6.73. The van der Waals surface area contributed by atoms with Crippen LogP contribution in [0.3, 0.4) is 0 Å². The highest BCUT2D eigenvalue weighted by Crippen LogP contribution is 2.45. The molecule has 178 valence electrons. The summed E-state index contributed by atoms with van der Waals surface area (Å²) in [4.78, 5) is 16.5. The van der Waals surface area contributed by atoms with Gasteiger partial charge in [0.2, 0.25) is 5.91 Å². The molecule has 34 heavy (non-hydrogen) atoms. The number of anilines is 1. The van der Waals surface area contributed by atoms with E-state index in [-0.39, 0.29) is 11.3 Å². The Hall–Kier alpha value is -2.97. The lowest BCUT2D eigenvalue weighted by Gasteiger charge is -2.37. The van der Waals surface area contributed by atoms with E-state index in [1.165, 1.54) is 11.1 Å². The molecule has 0 fully saturated rings. The first-order valence-electron chi connectivity index (χ1n) is 11.7. The fourth-order valence-corrected chi connectivity index (χ4v) is 4.56. The molecule has 0 spiro atoms. The van der Waals surface area contributed by atoms with E-state index in [0.717, 1.165) is 35.0 Å². The first-order chi connectivity index (χ1) is 16.2. The Balaban J connectivity index is 1.65. The van der Waals surface area contributed by atoms with Gasteiger partial charge in [0.15, 0.2) is 0 Å². The third kappa shape index (κ3) is 7.01. The SMILES string of the molecule is CC1=C(/C=C/C(C)=C/C=C/C(C)=C/C(=O)Nc2ccc(P)cc2)C(C)(C)CCC1n1ccnc1. The zero-order valence-corrected chi connectivity index (χ0v) is 22.0. The summed E-state index contributed by atoms with van der Waals surface area (Å²) in [5.41, 5.74) is 5.80. The number of allylic oxidation sites excluding steroid dienone is 9. The summed E-state index contributed by atoms with van der Waals surface area (Å²) in [6.07, 6.45) is 20.2. The summed E-state index contributed by atoms with van der Waals surface area (Å²) in [5, 5.41) is 3.97. The van der Waals surface area contributed by atoms with Crippen LogP contribution in [-0.4, -0.2) is 15.5 Å². The second-order valence-corrected chi connectivity index (χ2v) is 10.3. The molecule has 1 heterocycles. The van der Waals surface area contributed by atoms with Crippen LogP contribution in [0.2, 0.25) is 0 Å². The molecule has 1 amide bonds. The topological polar surface area (TPSA) is 46.9 Å². The van der Waals surface area contributed by atoms with Gasteiger partial charge in [-0.3, -0.25) is 4.79 Å². The molecule has 2 aromatic rings. The Labute approximate surface area is 206 Å². The van der Waals surface area contributed by atoms with Gasteiger partial charge < -0.3 is 9.88 Å². The highest BCUT2D eigenvalue weighted by Gasteiger charge is 2.32. The molecule has 5 heteroatoms. The largest absolute Gasteiger partial charge is 0.330 e. The Morgan fingerprint density at radius 3 is 2.59 bits per heavy atom. The van der Waals surface area contributed by atoms with E-state index in [4.69, 9.17) is 0 Å². The van der Waals surface area contributed by atoms with Crippen molar-refractivity contribution in [3.63, 3.8) is 0 Å². The molecule has 1 aliphatic carbocycles. The number of hydrogen-bond acceptors (Lipinski definition) is 2. The van der Waals surface area contributed by atoms with Crippen molar-refractivity contribution in [2.24, 2.45) is 5.41 Å². The number of imidazole rings is 1. The molecule has 1 aromatic carbocycles. The van der Waals surface area contributed by atoms with Gasteiger partial charge in [0.1, 0.15) is 0 Å². The maximum absolute atomic E-state index is 12.2. The fourth-order valence-electron chi connectivity index (χ4n) is 4.37. The normalized spacial score (nSPS) is 19.3. The predicted octanol–water partition coefficient (Wildman–Crippen LogP) is 6.70. The Morgan fingerprint density at radius 2 is 1.91 bits per heavy atom. The molecule has 4 nitrogen and oxygen atoms in total. The van der Waals surface area contributed by atoms with Crippen molar-refractivity contribution in [1.82, 2.24) is 9.55 Å². The number of aromatic nitrogens is 2. The first-order valence-corrected chi connectivity index (χ1v) is 12.3. The lowest BCUT2D eigenvalue weighted by atomic mass is 9.71. The highest BCUT2D eigenvalue weighted by molar-refractivity contribution is 7.27. The number of benzene rings is 1. The average Bonchev–Trinajstić information content (AvgIpc) is 3.29. The van der Waals surface area contributed by atoms with Gasteiger partial charge in [0.05, 0.1) is 12.4 Å². The summed E-state index contributed by atoms with van der Waals surface area (Å²) in [6.45, 7) is 10.9. The maximum Gasteiger partial charge on any atom is 0.248 e. The van der Waals surface area contributed by atoms with Crippen molar-refractivity contribution < 1.29 is 4.79 Å². The number of nitrogens with zero attached hydrogens (tertiary/aromatic N) is 2. The second kappa shape index (κ2) is 11.4. The zero-order chi connectivity index (χ0) is 24.7. The third-order valence-electron chi connectivity index (χ3n) is 6.35. The maximum atomic E-state index is 12.2. The molecule has 2 unspecified atom stereocenters. The minimum absolute atomic E-state index is 0.131. The smallest absolute Gasteiger partial charge is 0.248 e. The van der Waals surface area contributed by atoms with Gasteiger partial charge in [-0.15, -0.1) is 9.24 Å². The van der Waals surface area contributed by atoms with Crippen LogP contribution in [-0.2, 0) is 4.79 Å². The van der Waals surface area contributed by atoms with Crippen LogP contribution in [0.4, 0.5) is 5.69 Å². The number of rotatable bonds is 7. The Morgan fingerprint density at radius 1 is 1.18 bits per heavy atom. The van der Waals surface area contributed by atoms with E-state index in [2.05, 4.69) is 76.2 Å². The molecule has 2 atom stereocenters. The summed E-state index contributed by atoms with van der Waals surface area (Å²) in [7, 11) is 2.63. The monoisotopic (exact) mass is 473 g/mol. The van der Waals surface area contributed by atoms with Gasteiger partial charge in [-0.05, 0) is 73.2 Å². The molecule has 0 radical (unpaired) electrons. The van der Waals surface area contributed by atoms with Crippen molar-refractivity contribution >= 4 is 26.1 Å². The van der Waals surface area contributed by atoms with E-state index in [0.29, 0.717) is 6.04 Å². The fraction of sp³-hybridized carbons (Fsp3) is 0.310. The molecular weight excluding hydrogens is 437 g/mol. The summed E-state index contributed by atoms with van der Waals surface area (Å²) >= 11 is 0. The zero-order valence-electron chi connectivity index (χ0n) is 20.9. The lowest BCUT2D eigenvalue weighted by molar-refractivity contribution is -0.111. The van der Waals surface area contributed by atoms with Crippen molar-refractivity contribution in [2.45, 2.75) is 53.5 Å². The summed E-state index contributed by atoms with van der Waals surface area (Å²) < 4.78 is 2.22. The van der Waals surface area contributed by atoms with Crippen molar-refractivity contribution in [3.8, 4) is 0 Å². The molecular formula is C29H36N3OP. The van der Waals surface area contributed by atoms with Gasteiger partial charge in [-0.2, -0.15) is 0 Å². The van der Waals surface area contributed by atoms with Crippen LogP contribution in [0.1, 0.15) is 53.5 Å². The second-order valence-electron chi connectivity index (χ2n) is 9.65. The minimum atomic E-state index is -0.131. The molecule has 1 aromatic heterocycles. The number of carbonyl (C=O) groups is 1. The van der Waals surface area contributed by atoms with Gasteiger partial charge in [0.25, 0.3) is 0 Å². The average molecular weight is 474 g/mol. The molecule has 0 saturated heterocycles. The van der Waals surface area contributed by atoms with Crippen molar-refractivity contribution in [3.05, 3.63) is 102 Å². The quantitative estimate of drug-likeness (QED) is 0.276. The van der Waals surface area contributed by atoms with E-state index >= 15 is 0 Å². The number of nitrogens with one attached hydrogen (secondary N) is 1. The Kier molecular flexibility index (Phi) is 8.63. The lowest BCUT2D eigenvalue weighted by Crippen LogP contribution is -2.25. The van der Waals surface area contributed by atoms with Crippen LogP contribution in [0, 0.1) is 5.41 Å². The number of carbonyl (C=O) groups excluding carboxylic acids is 1. The van der Waals surface area contributed by atoms with Crippen LogP contribution in [0.5, 0.6) is 0 Å². The predicted molar refractivity (Wildman–Crippen MR) is 147 cm³/mol. The van der Waals surface area contributed by atoms with E-state index in [1.807, 2.05) is 55.9 Å². The van der Waals surface area contributed by atoms with Crippen LogP contribution >= 0.6 is 9.24 Å². The van der Waals surface area contributed by atoms with Crippen molar-refractivity contribution in [2.75, 3.05) is 5.32 Å². The standard InChI is InChI=1S/C29H36N3OP/c1-21(7-6-8-22(2)19-28(33)31-24-10-12-25(34)13-11-24)9-14-26-23(3)27(15-16-29(26,4)5)32-18-17-30-20-32/h6-14,17-20,27H,15-16,34H2,1-5H3,(H,31,33)/b8-6+,14-9+,21-7+,22-19+. The molecule has 0 bridgehead atoms. The van der Waals surface area contributed by atoms with Gasteiger partial charge in [-0.1, -0.05) is 61.9 Å². The highest BCUT2D eigenvalue weighted by atomic mass is 31.0. The van der Waals surface area contributed by atoms with Crippen molar-refractivity contribution in [1.29, 1.82) is 0 Å². The molecule has 1 aliphatic rings. The van der Waals surface area contributed by atoms with E-state index in [9.17, 15) is 4.79 Å². The minimum Gasteiger partial charge on any atom is -0.330 e. The van der Waals surface area contributed by atoms with Crippen LogP contribution < -0.4 is 10.6 Å². The van der Waals surface area contributed by atoms with E-state index in [1.54, 1.807) is 6.08 Å².